The summed E-state index contributed by atoms with van der Waals surface area (Å²) in [5.41, 5.74) is 5.14. The van der Waals surface area contributed by atoms with E-state index in [1.165, 1.54) is 17.3 Å². The largest absolute Gasteiger partial charge is 0.481 e. The van der Waals surface area contributed by atoms with Crippen molar-refractivity contribution in [2.75, 3.05) is 12.4 Å². The van der Waals surface area contributed by atoms with Crippen molar-refractivity contribution in [1.29, 1.82) is 0 Å². The van der Waals surface area contributed by atoms with E-state index < -0.39 is 0 Å². The highest BCUT2D eigenvalue weighted by atomic mass is 16.5. The summed E-state index contributed by atoms with van der Waals surface area (Å²) in [6.45, 7) is 0. The lowest BCUT2D eigenvalue weighted by Gasteiger charge is -2.06. The molecule has 1 N–H and O–H groups in total. The van der Waals surface area contributed by atoms with Crippen molar-refractivity contribution in [1.82, 2.24) is 4.98 Å². The number of methoxy groups -OCH3 is 1. The maximum absolute atomic E-state index is 12.2. The standard InChI is InChI=1S/C14H10N4O2/c1-20-11-3-2-8(6-15-11)16-14(19)13-10-5-7-4-9(7)12(10)17-18-13/h2-3,5-6H,4H2,1H3,(H,16,19). The molecule has 0 aromatic carbocycles. The monoisotopic (exact) mass is 266 g/mol. The van der Waals surface area contributed by atoms with Crippen LogP contribution in [0.2, 0.25) is 0 Å². The first-order chi connectivity index (χ1) is 9.76. The van der Waals surface area contributed by atoms with E-state index in [1.54, 1.807) is 19.2 Å². The van der Waals surface area contributed by atoms with E-state index in [-0.39, 0.29) is 5.91 Å². The quantitative estimate of drug-likeness (QED) is 0.900. The fourth-order valence-corrected chi connectivity index (χ4v) is 2.31. The molecule has 0 spiro atoms. The first kappa shape index (κ1) is 11.1. The Labute approximate surface area is 114 Å². The summed E-state index contributed by atoms with van der Waals surface area (Å²) in [5, 5.41) is 10.8. The molecule has 1 aromatic rings. The van der Waals surface area contributed by atoms with Gasteiger partial charge in [0.2, 0.25) is 5.88 Å². The van der Waals surface area contributed by atoms with Gasteiger partial charge in [0, 0.05) is 18.1 Å². The Morgan fingerprint density at radius 2 is 2.25 bits per heavy atom. The summed E-state index contributed by atoms with van der Waals surface area (Å²) < 4.78 is 4.97. The molecule has 98 valence electrons. The van der Waals surface area contributed by atoms with Crippen LogP contribution >= 0.6 is 0 Å². The lowest BCUT2D eigenvalue weighted by Crippen LogP contribution is -2.25. The summed E-state index contributed by atoms with van der Waals surface area (Å²) in [5.74, 6) is 0.225. The molecule has 0 fully saturated rings. The zero-order chi connectivity index (χ0) is 13.7. The van der Waals surface area contributed by atoms with Crippen LogP contribution in [0.25, 0.3) is 0 Å². The van der Waals surface area contributed by atoms with Crippen LogP contribution < -0.4 is 10.1 Å². The second-order valence-electron chi connectivity index (χ2n) is 4.68. The molecule has 2 heterocycles. The minimum Gasteiger partial charge on any atom is -0.481 e. The molecule has 0 saturated heterocycles. The predicted molar refractivity (Wildman–Crippen MR) is 74.0 cm³/mol. The van der Waals surface area contributed by atoms with Crippen LogP contribution in [0.3, 0.4) is 0 Å². The third kappa shape index (κ3) is 1.58. The third-order valence-electron chi connectivity index (χ3n) is 3.41. The molecule has 0 unspecified atom stereocenters. The van der Waals surface area contributed by atoms with Crippen LogP contribution in [0.1, 0.15) is 6.42 Å². The van der Waals surface area contributed by atoms with Crippen molar-refractivity contribution in [2.45, 2.75) is 6.42 Å². The van der Waals surface area contributed by atoms with Gasteiger partial charge in [0.1, 0.15) is 0 Å². The van der Waals surface area contributed by atoms with Crippen molar-refractivity contribution >= 4 is 23.0 Å². The summed E-state index contributed by atoms with van der Waals surface area (Å²) in [7, 11) is 1.54. The van der Waals surface area contributed by atoms with Crippen LogP contribution in [0, 0.1) is 0 Å². The Morgan fingerprint density at radius 1 is 1.35 bits per heavy atom. The summed E-state index contributed by atoms with van der Waals surface area (Å²) in [6.07, 6.45) is 4.51. The van der Waals surface area contributed by atoms with Gasteiger partial charge in [-0.3, -0.25) is 4.79 Å². The van der Waals surface area contributed by atoms with Crippen molar-refractivity contribution in [2.24, 2.45) is 10.2 Å². The lowest BCUT2D eigenvalue weighted by atomic mass is 10.0. The molecule has 2 aliphatic carbocycles. The van der Waals surface area contributed by atoms with Gasteiger partial charge in [-0.15, -0.1) is 10.2 Å². The van der Waals surface area contributed by atoms with E-state index in [2.05, 4.69) is 20.5 Å². The number of ether oxygens (including phenoxy) is 1. The van der Waals surface area contributed by atoms with Crippen LogP contribution in [-0.2, 0) is 4.79 Å². The van der Waals surface area contributed by atoms with Crippen molar-refractivity contribution in [3.05, 3.63) is 41.1 Å². The molecular formula is C14H10N4O2. The van der Waals surface area contributed by atoms with Crippen LogP contribution in [0.15, 0.2) is 51.3 Å². The van der Waals surface area contributed by atoms with Crippen molar-refractivity contribution < 1.29 is 9.53 Å². The molecule has 1 aromatic heterocycles. The molecule has 4 rings (SSSR count). The number of pyridine rings is 1. The number of hydrogen-bond acceptors (Lipinski definition) is 5. The van der Waals surface area contributed by atoms with Crippen molar-refractivity contribution in [3.8, 4) is 5.88 Å². The predicted octanol–water partition coefficient (Wildman–Crippen LogP) is 1.48. The van der Waals surface area contributed by atoms with Gasteiger partial charge < -0.3 is 10.1 Å². The van der Waals surface area contributed by atoms with Gasteiger partial charge in [0.15, 0.2) is 5.71 Å². The molecule has 0 bridgehead atoms. The Morgan fingerprint density at radius 3 is 3.00 bits per heavy atom. The Kier molecular flexibility index (Phi) is 2.14. The number of nitrogens with one attached hydrogen (secondary N) is 1. The summed E-state index contributed by atoms with van der Waals surface area (Å²) >= 11 is 0. The van der Waals surface area contributed by atoms with Gasteiger partial charge in [-0.05, 0) is 23.3 Å². The Balaban J connectivity index is 1.50. The molecule has 0 saturated carbocycles. The van der Waals surface area contributed by atoms with Gasteiger partial charge in [-0.25, -0.2) is 4.98 Å². The highest BCUT2D eigenvalue weighted by Crippen LogP contribution is 2.43. The van der Waals surface area contributed by atoms with Crippen LogP contribution in [0.5, 0.6) is 5.88 Å². The molecule has 20 heavy (non-hydrogen) atoms. The van der Waals surface area contributed by atoms with E-state index in [0.717, 1.165) is 17.7 Å². The maximum Gasteiger partial charge on any atom is 0.276 e. The van der Waals surface area contributed by atoms with E-state index >= 15 is 0 Å². The average Bonchev–Trinajstić information content (AvgIpc) is 2.95. The SMILES string of the molecule is COc1ccc(NC(=O)C2=NN=C3C2=CC2=C3C2)cn1. The Bertz CT molecular complexity index is 754. The highest BCUT2D eigenvalue weighted by molar-refractivity contribution is 6.58. The van der Waals surface area contributed by atoms with E-state index in [4.69, 9.17) is 4.74 Å². The van der Waals surface area contributed by atoms with E-state index in [0.29, 0.717) is 17.3 Å². The zero-order valence-electron chi connectivity index (χ0n) is 10.7. The van der Waals surface area contributed by atoms with Gasteiger partial charge in [0.25, 0.3) is 5.91 Å². The van der Waals surface area contributed by atoms with Crippen LogP contribution in [-0.4, -0.2) is 29.4 Å². The van der Waals surface area contributed by atoms with Gasteiger partial charge in [-0.1, -0.05) is 0 Å². The minimum atomic E-state index is -0.274. The van der Waals surface area contributed by atoms with Crippen LogP contribution in [0.4, 0.5) is 5.69 Å². The number of hydrogen-bond donors (Lipinski definition) is 1. The number of allylic oxidation sites excluding steroid dienone is 3. The molecule has 0 radical (unpaired) electrons. The lowest BCUT2D eigenvalue weighted by molar-refractivity contribution is -0.110. The Hall–Kier alpha value is -2.76. The number of anilines is 1. The highest BCUT2D eigenvalue weighted by Gasteiger charge is 2.39. The van der Waals surface area contributed by atoms with Gasteiger partial charge >= 0.3 is 0 Å². The molecule has 0 atom stereocenters. The third-order valence-corrected chi connectivity index (χ3v) is 3.41. The summed E-state index contributed by atoms with van der Waals surface area (Å²) in [4.78, 5) is 16.2. The second-order valence-corrected chi connectivity index (χ2v) is 4.68. The zero-order valence-corrected chi connectivity index (χ0v) is 10.7. The first-order valence-electron chi connectivity index (χ1n) is 6.18. The number of nitrogens with zero attached hydrogens (tertiary/aromatic N) is 3. The number of aromatic nitrogens is 1. The minimum absolute atomic E-state index is 0.274. The first-order valence-corrected chi connectivity index (χ1v) is 6.18. The van der Waals surface area contributed by atoms with Gasteiger partial charge in [0.05, 0.1) is 24.7 Å². The number of carbonyl (C=O) groups excluding carboxylic acids is 1. The molecule has 6 heteroatoms. The fourth-order valence-electron chi connectivity index (χ4n) is 2.31. The molecule has 1 aliphatic heterocycles. The second kappa shape index (κ2) is 3.86. The topological polar surface area (TPSA) is 75.9 Å². The molecular weight excluding hydrogens is 256 g/mol. The number of fused-ring (bicyclic) bond motifs is 2. The molecule has 3 aliphatic rings. The molecule has 1 amide bonds. The van der Waals surface area contributed by atoms with Crippen molar-refractivity contribution in [3.63, 3.8) is 0 Å². The summed E-state index contributed by atoms with van der Waals surface area (Å²) in [6, 6.07) is 3.41. The number of rotatable bonds is 3. The number of carbonyl (C=O) groups is 1. The van der Waals surface area contributed by atoms with E-state index in [1.807, 2.05) is 6.08 Å². The molecule has 6 nitrogen and oxygen atoms in total. The van der Waals surface area contributed by atoms with E-state index in [9.17, 15) is 4.79 Å². The number of amides is 1. The average molecular weight is 266 g/mol. The normalized spacial score (nSPS) is 17.9. The maximum atomic E-state index is 12.2. The fraction of sp³-hybridized carbons (Fsp3) is 0.143. The smallest absolute Gasteiger partial charge is 0.276 e. The van der Waals surface area contributed by atoms with Gasteiger partial charge in [-0.2, -0.15) is 0 Å².